The number of nitrogens with zero attached hydrogens (tertiary/aromatic N) is 4. The maximum atomic E-state index is 12.1. The third-order valence-electron chi connectivity index (χ3n) is 2.58. The first kappa shape index (κ1) is 14.6. The second-order valence-corrected chi connectivity index (χ2v) is 4.03. The Bertz CT molecular complexity index is 536. The SMILES string of the molecule is Cc1nn(C)c(C(=O)N(C)CCC(=O)O)c1[N+](=O)[O-]. The van der Waals surface area contributed by atoms with E-state index in [2.05, 4.69) is 5.10 Å². The number of aliphatic carboxylic acids is 1. The van der Waals surface area contributed by atoms with E-state index >= 15 is 0 Å². The molecule has 0 atom stereocenters. The van der Waals surface area contributed by atoms with E-state index in [1.54, 1.807) is 0 Å². The summed E-state index contributed by atoms with van der Waals surface area (Å²) in [6.45, 7) is 1.40. The number of aryl methyl sites for hydroxylation is 2. The van der Waals surface area contributed by atoms with Gasteiger partial charge in [-0.2, -0.15) is 5.10 Å². The number of carboxylic acid groups (broad SMARTS) is 1. The molecule has 0 aliphatic rings. The summed E-state index contributed by atoms with van der Waals surface area (Å²) in [6.07, 6.45) is -0.229. The molecule has 9 nitrogen and oxygen atoms in total. The maximum Gasteiger partial charge on any atom is 0.322 e. The zero-order chi connectivity index (χ0) is 14.7. The van der Waals surface area contributed by atoms with Crippen molar-refractivity contribution in [1.82, 2.24) is 14.7 Å². The fourth-order valence-electron chi connectivity index (χ4n) is 1.65. The third-order valence-corrected chi connectivity index (χ3v) is 2.58. The lowest BCUT2D eigenvalue weighted by Crippen LogP contribution is -2.31. The second-order valence-electron chi connectivity index (χ2n) is 4.03. The quantitative estimate of drug-likeness (QED) is 0.602. The van der Waals surface area contributed by atoms with E-state index in [0.29, 0.717) is 0 Å². The lowest BCUT2D eigenvalue weighted by Gasteiger charge is -2.15. The Morgan fingerprint density at radius 2 is 2.11 bits per heavy atom. The summed E-state index contributed by atoms with van der Waals surface area (Å²) in [5.41, 5.74) is -0.368. The molecule has 0 saturated carbocycles. The summed E-state index contributed by atoms with van der Waals surface area (Å²) in [5.74, 6) is -1.67. The van der Waals surface area contributed by atoms with Crippen LogP contribution in [0.1, 0.15) is 22.6 Å². The Morgan fingerprint density at radius 1 is 1.53 bits per heavy atom. The van der Waals surface area contributed by atoms with E-state index in [-0.39, 0.29) is 30.0 Å². The van der Waals surface area contributed by atoms with Crippen molar-refractivity contribution in [2.45, 2.75) is 13.3 Å². The van der Waals surface area contributed by atoms with E-state index in [9.17, 15) is 19.7 Å². The zero-order valence-corrected chi connectivity index (χ0v) is 10.8. The highest BCUT2D eigenvalue weighted by atomic mass is 16.6. The number of rotatable bonds is 5. The molecule has 0 aromatic carbocycles. The van der Waals surface area contributed by atoms with Crippen LogP contribution in [0.15, 0.2) is 0 Å². The Labute approximate surface area is 108 Å². The highest BCUT2D eigenvalue weighted by molar-refractivity contribution is 5.96. The summed E-state index contributed by atoms with van der Waals surface area (Å²) in [5, 5.41) is 23.3. The van der Waals surface area contributed by atoms with Crippen molar-refractivity contribution >= 4 is 17.6 Å². The molecule has 0 unspecified atom stereocenters. The summed E-state index contributed by atoms with van der Waals surface area (Å²) < 4.78 is 1.13. The molecule has 0 fully saturated rings. The normalized spacial score (nSPS) is 10.3. The fourth-order valence-corrected chi connectivity index (χ4v) is 1.65. The molecule has 1 aromatic heterocycles. The summed E-state index contributed by atoms with van der Waals surface area (Å²) in [4.78, 5) is 33.9. The van der Waals surface area contributed by atoms with Crippen molar-refractivity contribution < 1.29 is 19.6 Å². The summed E-state index contributed by atoms with van der Waals surface area (Å²) in [6, 6.07) is 0. The highest BCUT2D eigenvalue weighted by Gasteiger charge is 2.31. The monoisotopic (exact) mass is 270 g/mol. The van der Waals surface area contributed by atoms with E-state index in [4.69, 9.17) is 5.11 Å². The Hall–Kier alpha value is -2.45. The van der Waals surface area contributed by atoms with Crippen LogP contribution in [0.25, 0.3) is 0 Å². The largest absolute Gasteiger partial charge is 0.481 e. The van der Waals surface area contributed by atoms with Gasteiger partial charge in [-0.25, -0.2) is 0 Å². The molecular formula is C10H14N4O5. The molecule has 104 valence electrons. The smallest absolute Gasteiger partial charge is 0.322 e. The molecule has 19 heavy (non-hydrogen) atoms. The van der Waals surface area contributed by atoms with Crippen LogP contribution in [0.3, 0.4) is 0 Å². The number of carbonyl (C=O) groups is 2. The predicted molar refractivity (Wildman–Crippen MR) is 63.8 cm³/mol. The average molecular weight is 270 g/mol. The first-order valence-electron chi connectivity index (χ1n) is 5.41. The zero-order valence-electron chi connectivity index (χ0n) is 10.8. The molecule has 0 radical (unpaired) electrons. The number of amides is 1. The Balaban J connectivity index is 3.05. The van der Waals surface area contributed by atoms with Gasteiger partial charge >= 0.3 is 11.7 Å². The minimum Gasteiger partial charge on any atom is -0.481 e. The van der Waals surface area contributed by atoms with Gasteiger partial charge in [0.15, 0.2) is 0 Å². The molecule has 1 heterocycles. The number of aromatic nitrogens is 2. The molecule has 0 saturated heterocycles. The number of carboxylic acids is 1. The van der Waals surface area contributed by atoms with Gasteiger partial charge in [-0.1, -0.05) is 0 Å². The number of hydrogen-bond donors (Lipinski definition) is 1. The molecule has 1 aromatic rings. The number of nitro groups is 1. The molecule has 0 bridgehead atoms. The topological polar surface area (TPSA) is 119 Å². The van der Waals surface area contributed by atoms with E-state index < -0.39 is 16.8 Å². The van der Waals surface area contributed by atoms with Gasteiger partial charge in [0, 0.05) is 20.6 Å². The molecule has 1 N–H and O–H groups in total. The van der Waals surface area contributed by atoms with Crippen molar-refractivity contribution in [3.63, 3.8) is 0 Å². The highest BCUT2D eigenvalue weighted by Crippen LogP contribution is 2.23. The van der Waals surface area contributed by atoms with Gasteiger partial charge in [-0.3, -0.25) is 24.4 Å². The van der Waals surface area contributed by atoms with Crippen LogP contribution in [-0.4, -0.2) is 50.2 Å². The Kier molecular flexibility index (Phi) is 4.20. The molecule has 9 heteroatoms. The molecule has 0 spiro atoms. The molecule has 0 aliphatic heterocycles. The maximum absolute atomic E-state index is 12.1. The van der Waals surface area contributed by atoms with Gasteiger partial charge in [-0.05, 0) is 6.92 Å². The second kappa shape index (κ2) is 5.46. The molecule has 1 amide bonds. The Morgan fingerprint density at radius 3 is 2.58 bits per heavy atom. The van der Waals surface area contributed by atoms with Crippen molar-refractivity contribution in [2.75, 3.05) is 13.6 Å². The summed E-state index contributed by atoms with van der Waals surface area (Å²) >= 11 is 0. The molecule has 1 rings (SSSR count). The van der Waals surface area contributed by atoms with E-state index in [1.165, 1.54) is 21.0 Å². The van der Waals surface area contributed by atoms with Crippen LogP contribution in [-0.2, 0) is 11.8 Å². The van der Waals surface area contributed by atoms with Crippen LogP contribution in [0.4, 0.5) is 5.69 Å². The fraction of sp³-hybridized carbons (Fsp3) is 0.500. The predicted octanol–water partition coefficient (Wildman–Crippen LogP) is 0.183. The van der Waals surface area contributed by atoms with Gasteiger partial charge in [-0.15, -0.1) is 0 Å². The lowest BCUT2D eigenvalue weighted by atomic mass is 10.2. The third kappa shape index (κ3) is 3.06. The van der Waals surface area contributed by atoms with Crippen LogP contribution in [0.2, 0.25) is 0 Å². The van der Waals surface area contributed by atoms with Crippen LogP contribution in [0.5, 0.6) is 0 Å². The summed E-state index contributed by atoms with van der Waals surface area (Å²) in [7, 11) is 2.82. The van der Waals surface area contributed by atoms with Crippen molar-refractivity contribution in [3.05, 3.63) is 21.5 Å². The van der Waals surface area contributed by atoms with Crippen molar-refractivity contribution in [3.8, 4) is 0 Å². The van der Waals surface area contributed by atoms with Crippen LogP contribution >= 0.6 is 0 Å². The number of hydrogen-bond acceptors (Lipinski definition) is 5. The van der Waals surface area contributed by atoms with Crippen LogP contribution in [0, 0.1) is 17.0 Å². The first-order valence-corrected chi connectivity index (χ1v) is 5.41. The molecule has 0 aliphatic carbocycles. The minimum absolute atomic E-state index is 0.0322. The van der Waals surface area contributed by atoms with Crippen LogP contribution < -0.4 is 0 Å². The standard InChI is InChI=1S/C10H14N4O5/c1-6-8(14(18)19)9(13(3)11-6)10(17)12(2)5-4-7(15)16/h4-5H2,1-3H3,(H,15,16). The average Bonchev–Trinajstić information content (AvgIpc) is 2.59. The molecular weight excluding hydrogens is 256 g/mol. The minimum atomic E-state index is -1.05. The van der Waals surface area contributed by atoms with Gasteiger partial charge < -0.3 is 10.0 Å². The van der Waals surface area contributed by atoms with Gasteiger partial charge in [0.2, 0.25) is 5.69 Å². The lowest BCUT2D eigenvalue weighted by molar-refractivity contribution is -0.385. The van der Waals surface area contributed by atoms with E-state index in [1.807, 2.05) is 0 Å². The van der Waals surface area contributed by atoms with E-state index in [0.717, 1.165) is 9.58 Å². The van der Waals surface area contributed by atoms with Crippen molar-refractivity contribution in [2.24, 2.45) is 7.05 Å². The first-order chi connectivity index (χ1) is 8.75. The van der Waals surface area contributed by atoms with Gasteiger partial charge in [0.25, 0.3) is 5.91 Å². The van der Waals surface area contributed by atoms with Gasteiger partial charge in [0.05, 0.1) is 11.3 Å². The number of carbonyl (C=O) groups excluding carboxylic acids is 1. The van der Waals surface area contributed by atoms with Crippen molar-refractivity contribution in [1.29, 1.82) is 0 Å². The van der Waals surface area contributed by atoms with Gasteiger partial charge in [0.1, 0.15) is 5.69 Å².